The Morgan fingerprint density at radius 3 is 2.71 bits per heavy atom. The van der Waals surface area contributed by atoms with Crippen molar-refractivity contribution in [1.82, 2.24) is 0 Å². The quantitative estimate of drug-likeness (QED) is 0.334. The second-order valence-electron chi connectivity index (χ2n) is 4.26. The van der Waals surface area contributed by atoms with Gasteiger partial charge in [0.1, 0.15) is 12.4 Å². The van der Waals surface area contributed by atoms with E-state index in [1.165, 1.54) is 0 Å². The molecule has 0 amide bonds. The summed E-state index contributed by atoms with van der Waals surface area (Å²) < 4.78 is 6.42. The van der Waals surface area contributed by atoms with E-state index in [0.29, 0.717) is 17.9 Å². The first-order valence-corrected chi connectivity index (χ1v) is 6.99. The van der Waals surface area contributed by atoms with Gasteiger partial charge in [0.25, 0.3) is 0 Å². The van der Waals surface area contributed by atoms with Crippen LogP contribution in [-0.4, -0.2) is 12.3 Å². The third-order valence-electron chi connectivity index (χ3n) is 2.72. The third kappa shape index (κ3) is 4.63. The molecule has 0 aliphatic carbocycles. The zero-order valence-electron chi connectivity index (χ0n) is 11.1. The van der Waals surface area contributed by atoms with Gasteiger partial charge < -0.3 is 4.74 Å². The van der Waals surface area contributed by atoms with Gasteiger partial charge in [-0.25, -0.2) is 0 Å². The van der Waals surface area contributed by atoms with Crippen molar-refractivity contribution in [1.29, 1.82) is 0 Å². The van der Waals surface area contributed by atoms with Crippen LogP contribution in [0.2, 0.25) is 0 Å². The van der Waals surface area contributed by atoms with Gasteiger partial charge in [0.15, 0.2) is 5.78 Å². The van der Waals surface area contributed by atoms with E-state index in [1.54, 1.807) is 18.2 Å². The Kier molecular flexibility index (Phi) is 5.37. The Morgan fingerprint density at radius 2 is 2.00 bits per heavy atom. The summed E-state index contributed by atoms with van der Waals surface area (Å²) in [5.41, 5.74) is 9.74. The molecule has 2 aromatic rings. The highest BCUT2D eigenvalue weighted by Gasteiger charge is 2.08. The number of hydrogen-bond acceptors (Lipinski definition) is 3. The predicted molar refractivity (Wildman–Crippen MR) is 83.3 cm³/mol. The normalized spacial score (nSPS) is 9.76. The van der Waals surface area contributed by atoms with Crippen LogP contribution in [0.5, 0.6) is 5.75 Å². The summed E-state index contributed by atoms with van der Waals surface area (Å²) in [4.78, 5) is 14.4. The molecule has 6 heteroatoms. The van der Waals surface area contributed by atoms with Gasteiger partial charge in [0, 0.05) is 14.9 Å². The average molecular weight is 346 g/mol. The minimum atomic E-state index is -0.251. The Balaban J connectivity index is 2.11. The van der Waals surface area contributed by atoms with Crippen LogP contribution in [0.1, 0.15) is 15.9 Å². The molecule has 106 valence electrons. The van der Waals surface area contributed by atoms with Gasteiger partial charge in [-0.05, 0) is 29.3 Å². The number of azide groups is 1. The fourth-order valence-electron chi connectivity index (χ4n) is 1.74. The van der Waals surface area contributed by atoms with Crippen molar-refractivity contribution in [2.75, 3.05) is 6.54 Å². The average Bonchev–Trinajstić information content (AvgIpc) is 2.51. The molecule has 2 aromatic carbocycles. The van der Waals surface area contributed by atoms with Crippen molar-refractivity contribution >= 4 is 21.7 Å². The predicted octanol–water partition coefficient (Wildman–Crippen LogP) is 4.52. The number of nitrogens with zero attached hydrogens (tertiary/aromatic N) is 3. The Labute approximate surface area is 130 Å². The van der Waals surface area contributed by atoms with Crippen molar-refractivity contribution < 1.29 is 9.53 Å². The molecule has 0 saturated heterocycles. The minimum Gasteiger partial charge on any atom is -0.489 e. The van der Waals surface area contributed by atoms with Crippen molar-refractivity contribution in [2.24, 2.45) is 5.11 Å². The maximum absolute atomic E-state index is 11.8. The standard InChI is InChI=1S/C15H12BrN3O2/c16-13-6-12(15(20)9-18-19-17)7-14(8-13)21-10-11-4-2-1-3-5-11/h1-8H,9-10H2. The van der Waals surface area contributed by atoms with Crippen LogP contribution in [-0.2, 0) is 6.61 Å². The second kappa shape index (κ2) is 7.47. The molecule has 0 saturated carbocycles. The molecular formula is C15H12BrN3O2. The van der Waals surface area contributed by atoms with Crippen molar-refractivity contribution in [3.63, 3.8) is 0 Å². The number of carbonyl (C=O) groups is 1. The van der Waals surface area contributed by atoms with Gasteiger partial charge in [-0.15, -0.1) is 0 Å². The van der Waals surface area contributed by atoms with Crippen LogP contribution in [0.3, 0.4) is 0 Å². The maximum Gasteiger partial charge on any atom is 0.168 e. The molecule has 0 aliphatic rings. The fourth-order valence-corrected chi connectivity index (χ4v) is 2.21. The van der Waals surface area contributed by atoms with E-state index < -0.39 is 0 Å². The van der Waals surface area contributed by atoms with Crippen LogP contribution in [0.25, 0.3) is 10.4 Å². The molecule has 2 rings (SSSR count). The zero-order valence-corrected chi connectivity index (χ0v) is 12.7. The lowest BCUT2D eigenvalue weighted by molar-refractivity contribution is 0.100. The number of ether oxygens (including phenoxy) is 1. The highest BCUT2D eigenvalue weighted by molar-refractivity contribution is 9.10. The molecule has 0 heterocycles. The van der Waals surface area contributed by atoms with Crippen LogP contribution in [0.15, 0.2) is 58.1 Å². The van der Waals surface area contributed by atoms with Gasteiger partial charge in [-0.3, -0.25) is 4.79 Å². The van der Waals surface area contributed by atoms with Gasteiger partial charge in [-0.2, -0.15) is 0 Å². The summed E-state index contributed by atoms with van der Waals surface area (Å²) in [6.45, 7) is 0.215. The molecule has 0 aliphatic heterocycles. The molecule has 0 bridgehead atoms. The second-order valence-corrected chi connectivity index (χ2v) is 5.18. The van der Waals surface area contributed by atoms with Gasteiger partial charge in [0.05, 0.1) is 6.54 Å². The van der Waals surface area contributed by atoms with Crippen molar-refractivity contribution in [2.45, 2.75) is 6.61 Å². The summed E-state index contributed by atoms with van der Waals surface area (Å²) in [5, 5.41) is 3.28. The third-order valence-corrected chi connectivity index (χ3v) is 3.18. The summed E-state index contributed by atoms with van der Waals surface area (Å²) in [7, 11) is 0. The Hall–Kier alpha value is -2.30. The summed E-state index contributed by atoms with van der Waals surface area (Å²) in [5.74, 6) is 0.330. The van der Waals surface area contributed by atoms with Crippen LogP contribution >= 0.6 is 15.9 Å². The number of halogens is 1. The molecule has 0 atom stereocenters. The van der Waals surface area contributed by atoms with Crippen LogP contribution in [0.4, 0.5) is 0 Å². The first kappa shape index (κ1) is 15.1. The lowest BCUT2D eigenvalue weighted by Gasteiger charge is -2.08. The SMILES string of the molecule is [N-]=[N+]=NCC(=O)c1cc(Br)cc(OCc2ccccc2)c1. The van der Waals surface area contributed by atoms with Gasteiger partial charge in [0.2, 0.25) is 0 Å². The lowest BCUT2D eigenvalue weighted by atomic mass is 10.1. The Bertz CT molecular complexity index is 683. The molecule has 0 fully saturated rings. The highest BCUT2D eigenvalue weighted by Crippen LogP contribution is 2.23. The number of carbonyl (C=O) groups excluding carboxylic acids is 1. The molecule has 0 spiro atoms. The zero-order chi connectivity index (χ0) is 15.1. The van der Waals surface area contributed by atoms with E-state index >= 15 is 0 Å². The van der Waals surface area contributed by atoms with Gasteiger partial charge >= 0.3 is 0 Å². The van der Waals surface area contributed by atoms with E-state index in [9.17, 15) is 4.79 Å². The molecule has 21 heavy (non-hydrogen) atoms. The topological polar surface area (TPSA) is 75.1 Å². The van der Waals surface area contributed by atoms with Crippen molar-refractivity contribution in [3.8, 4) is 5.75 Å². The van der Waals surface area contributed by atoms with Crippen molar-refractivity contribution in [3.05, 3.63) is 74.6 Å². The number of Topliss-reactive ketones (excluding diaryl/α,β-unsaturated/α-hetero) is 1. The number of rotatable bonds is 6. The summed E-state index contributed by atoms with van der Waals surface area (Å²) >= 11 is 3.34. The molecule has 5 nitrogen and oxygen atoms in total. The van der Waals surface area contributed by atoms with E-state index in [0.717, 1.165) is 10.0 Å². The van der Waals surface area contributed by atoms with Crippen LogP contribution in [0, 0.1) is 0 Å². The maximum atomic E-state index is 11.8. The van der Waals surface area contributed by atoms with E-state index in [2.05, 4.69) is 26.0 Å². The number of hydrogen-bond donors (Lipinski definition) is 0. The first-order chi connectivity index (χ1) is 10.2. The molecule has 0 unspecified atom stereocenters. The molecule has 0 N–H and O–H groups in total. The first-order valence-electron chi connectivity index (χ1n) is 6.20. The number of benzene rings is 2. The van der Waals surface area contributed by atoms with E-state index in [1.807, 2.05) is 30.3 Å². The van der Waals surface area contributed by atoms with Crippen LogP contribution < -0.4 is 4.74 Å². The molecular weight excluding hydrogens is 334 g/mol. The molecule has 0 aromatic heterocycles. The lowest BCUT2D eigenvalue weighted by Crippen LogP contribution is -2.04. The molecule has 0 radical (unpaired) electrons. The summed E-state index contributed by atoms with van der Waals surface area (Å²) in [6.07, 6.45) is 0. The Morgan fingerprint density at radius 1 is 1.24 bits per heavy atom. The largest absolute Gasteiger partial charge is 0.489 e. The smallest absolute Gasteiger partial charge is 0.168 e. The fraction of sp³-hybridized carbons (Fsp3) is 0.133. The van der Waals surface area contributed by atoms with E-state index in [-0.39, 0.29) is 12.3 Å². The monoisotopic (exact) mass is 345 g/mol. The van der Waals surface area contributed by atoms with E-state index in [4.69, 9.17) is 10.3 Å². The number of ketones is 1. The highest BCUT2D eigenvalue weighted by atomic mass is 79.9. The summed E-state index contributed by atoms with van der Waals surface area (Å²) in [6, 6.07) is 14.8. The van der Waals surface area contributed by atoms with Gasteiger partial charge in [-0.1, -0.05) is 51.4 Å². The minimum absolute atomic E-state index is 0.203.